The number of unbranched alkanes of at least 4 members (excludes halogenated alkanes) is 11. The molecule has 0 saturated carbocycles. The third kappa shape index (κ3) is 48.1. The van der Waals surface area contributed by atoms with Gasteiger partial charge in [-0.05, 0) is 96.3 Å². The third-order valence-electron chi connectivity index (χ3n) is 9.48. The molecule has 0 aliphatic carbocycles. The van der Waals surface area contributed by atoms with Crippen molar-refractivity contribution in [2.75, 3.05) is 13.2 Å². The Labute approximate surface area is 390 Å². The van der Waals surface area contributed by atoms with Gasteiger partial charge in [0.05, 0.1) is 0 Å². The number of carbonyl (C=O) groups excluding carboxylic acids is 3. The van der Waals surface area contributed by atoms with Crippen molar-refractivity contribution < 1.29 is 28.6 Å². The van der Waals surface area contributed by atoms with E-state index in [1.807, 2.05) is 72.9 Å². The number of carbonyl (C=O) groups is 3. The number of ether oxygens (including phenoxy) is 3. The summed E-state index contributed by atoms with van der Waals surface area (Å²) in [7, 11) is 0. The van der Waals surface area contributed by atoms with E-state index >= 15 is 0 Å². The summed E-state index contributed by atoms with van der Waals surface area (Å²) < 4.78 is 16.7. The molecule has 0 spiro atoms. The lowest BCUT2D eigenvalue weighted by Crippen LogP contribution is -2.30. The molecular formula is C58H86O6. The van der Waals surface area contributed by atoms with Crippen LogP contribution in [0.25, 0.3) is 0 Å². The van der Waals surface area contributed by atoms with E-state index in [-0.39, 0.29) is 37.5 Å². The van der Waals surface area contributed by atoms with E-state index in [1.165, 1.54) is 0 Å². The van der Waals surface area contributed by atoms with E-state index in [0.717, 1.165) is 122 Å². The topological polar surface area (TPSA) is 78.9 Å². The van der Waals surface area contributed by atoms with Crippen LogP contribution in [0.2, 0.25) is 0 Å². The van der Waals surface area contributed by atoms with E-state index < -0.39 is 6.10 Å². The average Bonchev–Trinajstić information content (AvgIpc) is 3.29. The molecule has 0 aromatic carbocycles. The molecule has 0 bridgehead atoms. The molecule has 1 atom stereocenters. The second-order valence-electron chi connectivity index (χ2n) is 15.4. The predicted octanol–water partition coefficient (Wildman–Crippen LogP) is 16.2. The molecule has 0 amide bonds. The van der Waals surface area contributed by atoms with Gasteiger partial charge in [0, 0.05) is 19.3 Å². The lowest BCUT2D eigenvalue weighted by atomic mass is 10.1. The summed E-state index contributed by atoms with van der Waals surface area (Å²) in [4.78, 5) is 37.9. The maximum atomic E-state index is 12.8. The fourth-order valence-electron chi connectivity index (χ4n) is 5.87. The van der Waals surface area contributed by atoms with Gasteiger partial charge in [-0.1, -0.05) is 211 Å². The van der Waals surface area contributed by atoms with Gasteiger partial charge in [0.15, 0.2) is 6.10 Å². The van der Waals surface area contributed by atoms with Crippen LogP contribution < -0.4 is 0 Å². The third-order valence-corrected chi connectivity index (χ3v) is 9.48. The van der Waals surface area contributed by atoms with Gasteiger partial charge in [-0.3, -0.25) is 14.4 Å². The Morgan fingerprint density at radius 3 is 1.08 bits per heavy atom. The van der Waals surface area contributed by atoms with Crippen molar-refractivity contribution in [3.63, 3.8) is 0 Å². The Bertz CT molecular complexity index is 1520. The van der Waals surface area contributed by atoms with Crippen LogP contribution in [0.4, 0.5) is 0 Å². The van der Waals surface area contributed by atoms with Crippen molar-refractivity contribution >= 4 is 17.9 Å². The van der Waals surface area contributed by atoms with Crippen LogP contribution in [0.5, 0.6) is 0 Å². The summed E-state index contributed by atoms with van der Waals surface area (Å²) in [5, 5.41) is 0. The van der Waals surface area contributed by atoms with Crippen LogP contribution >= 0.6 is 0 Å². The Morgan fingerprint density at radius 2 is 0.641 bits per heavy atom. The lowest BCUT2D eigenvalue weighted by Gasteiger charge is -2.18. The van der Waals surface area contributed by atoms with E-state index in [0.29, 0.717) is 19.3 Å². The summed E-state index contributed by atoms with van der Waals surface area (Å²) in [6.45, 7) is 6.12. The zero-order chi connectivity index (χ0) is 46.5. The molecule has 6 nitrogen and oxygen atoms in total. The summed E-state index contributed by atoms with van der Waals surface area (Å²) in [6.07, 6.45) is 73.6. The Morgan fingerprint density at radius 1 is 0.328 bits per heavy atom. The van der Waals surface area contributed by atoms with Crippen LogP contribution in [0.1, 0.15) is 168 Å². The van der Waals surface area contributed by atoms with Gasteiger partial charge in [0.2, 0.25) is 0 Å². The first-order valence-electron chi connectivity index (χ1n) is 24.6. The standard InChI is InChI=1S/C58H86O6/c1-4-7-10-13-16-19-22-25-28-31-33-36-39-42-45-48-51-57(60)63-54-55(64-58(61)52-49-46-43-40-37-34-30-27-24-21-18-15-12-9-6-3)53-62-56(59)50-47-44-41-38-35-32-29-26-23-20-17-14-11-8-5-2/h7-12,14-21,23-30,33-34,36-37,55H,4-6,13,22,31-32,35,38-54H2,1-3H3/b10-7-,11-8-,12-9-,17-14-,18-15-,19-16-,23-20-,24-21-,28-25-,29-26-,30-27-,36-33-,37-34-. The minimum absolute atomic E-state index is 0.127. The lowest BCUT2D eigenvalue weighted by molar-refractivity contribution is -0.167. The molecule has 0 aliphatic rings. The summed E-state index contributed by atoms with van der Waals surface area (Å²) in [6, 6.07) is 0. The van der Waals surface area contributed by atoms with Crippen LogP contribution in [0.15, 0.2) is 158 Å². The number of esters is 3. The van der Waals surface area contributed by atoms with Crippen molar-refractivity contribution in [3.8, 4) is 0 Å². The maximum Gasteiger partial charge on any atom is 0.306 e. The number of hydrogen-bond acceptors (Lipinski definition) is 6. The molecule has 64 heavy (non-hydrogen) atoms. The SMILES string of the molecule is CC\C=C/C=C\C=C/C=C\C=C/CCCCCC(=O)OC(COC(=O)CCCCC/C=C\C/C=C\C/C=C\C/C=C\CC)COC(=O)CCCCCCC\C=C/C=C\C=C/C=C\CC. The Kier molecular flexibility index (Phi) is 46.7. The molecule has 0 N–H and O–H groups in total. The summed E-state index contributed by atoms with van der Waals surface area (Å²) in [5.41, 5.74) is 0. The van der Waals surface area contributed by atoms with Gasteiger partial charge in [0.25, 0.3) is 0 Å². The first-order chi connectivity index (χ1) is 31.5. The second-order valence-corrected chi connectivity index (χ2v) is 15.4. The molecule has 1 unspecified atom stereocenters. The number of allylic oxidation sites excluding steroid dienone is 26. The quantitative estimate of drug-likeness (QED) is 0.0200. The number of rotatable bonds is 41. The van der Waals surface area contributed by atoms with Crippen molar-refractivity contribution in [2.24, 2.45) is 0 Å². The summed E-state index contributed by atoms with van der Waals surface area (Å²) in [5.74, 6) is -1.04. The highest BCUT2D eigenvalue weighted by Crippen LogP contribution is 2.11. The highest BCUT2D eigenvalue weighted by atomic mass is 16.6. The van der Waals surface area contributed by atoms with Crippen molar-refractivity contribution in [1.82, 2.24) is 0 Å². The molecule has 0 heterocycles. The fourth-order valence-corrected chi connectivity index (χ4v) is 5.87. The van der Waals surface area contributed by atoms with Crippen molar-refractivity contribution in [2.45, 2.75) is 175 Å². The van der Waals surface area contributed by atoms with Gasteiger partial charge in [-0.25, -0.2) is 0 Å². The monoisotopic (exact) mass is 879 g/mol. The van der Waals surface area contributed by atoms with E-state index in [2.05, 4.69) is 106 Å². The van der Waals surface area contributed by atoms with Crippen LogP contribution in [0.3, 0.4) is 0 Å². The van der Waals surface area contributed by atoms with Gasteiger partial charge >= 0.3 is 17.9 Å². The first-order valence-corrected chi connectivity index (χ1v) is 24.6. The smallest absolute Gasteiger partial charge is 0.306 e. The molecule has 0 fully saturated rings. The molecule has 0 aromatic rings. The highest BCUT2D eigenvalue weighted by Gasteiger charge is 2.19. The molecular weight excluding hydrogens is 793 g/mol. The second kappa shape index (κ2) is 50.7. The van der Waals surface area contributed by atoms with E-state index in [4.69, 9.17) is 14.2 Å². The minimum Gasteiger partial charge on any atom is -0.462 e. The van der Waals surface area contributed by atoms with E-state index in [9.17, 15) is 14.4 Å². The fraction of sp³-hybridized carbons (Fsp3) is 0.500. The average molecular weight is 879 g/mol. The molecule has 0 rings (SSSR count). The Hall–Kier alpha value is -4.97. The van der Waals surface area contributed by atoms with Crippen molar-refractivity contribution in [1.29, 1.82) is 0 Å². The van der Waals surface area contributed by atoms with Gasteiger partial charge < -0.3 is 14.2 Å². The predicted molar refractivity (Wildman–Crippen MR) is 274 cm³/mol. The largest absolute Gasteiger partial charge is 0.462 e. The molecule has 0 radical (unpaired) electrons. The molecule has 354 valence electrons. The molecule has 0 saturated heterocycles. The zero-order valence-electron chi connectivity index (χ0n) is 40.2. The molecule has 0 aliphatic heterocycles. The zero-order valence-corrected chi connectivity index (χ0v) is 40.2. The number of hydrogen-bond donors (Lipinski definition) is 0. The van der Waals surface area contributed by atoms with Gasteiger partial charge in [0.1, 0.15) is 13.2 Å². The van der Waals surface area contributed by atoms with Crippen LogP contribution in [-0.2, 0) is 28.6 Å². The summed E-state index contributed by atoms with van der Waals surface area (Å²) >= 11 is 0. The normalized spacial score (nSPS) is 13.5. The van der Waals surface area contributed by atoms with Crippen molar-refractivity contribution in [3.05, 3.63) is 158 Å². The first kappa shape index (κ1) is 59.0. The Balaban J connectivity index is 4.61. The minimum atomic E-state index is -0.831. The highest BCUT2D eigenvalue weighted by molar-refractivity contribution is 5.71. The van der Waals surface area contributed by atoms with Gasteiger partial charge in [-0.2, -0.15) is 0 Å². The van der Waals surface area contributed by atoms with E-state index in [1.54, 1.807) is 0 Å². The van der Waals surface area contributed by atoms with Gasteiger partial charge in [-0.15, -0.1) is 0 Å². The molecule has 0 aromatic heterocycles. The molecule has 6 heteroatoms. The van der Waals surface area contributed by atoms with Crippen LogP contribution in [0, 0.1) is 0 Å². The van der Waals surface area contributed by atoms with Crippen LogP contribution in [-0.4, -0.2) is 37.2 Å². The maximum absolute atomic E-state index is 12.8.